The lowest BCUT2D eigenvalue weighted by molar-refractivity contribution is -0.139. The molecule has 1 heterocycles. The number of carboxylic acids is 1. The van der Waals surface area contributed by atoms with Gasteiger partial charge in [0.25, 0.3) is 0 Å². The highest BCUT2D eigenvalue weighted by Gasteiger charge is 2.25. The summed E-state index contributed by atoms with van der Waals surface area (Å²) in [4.78, 5) is 24.9. The van der Waals surface area contributed by atoms with Crippen molar-refractivity contribution < 1.29 is 38.7 Å². The molecule has 9 heteroatoms. The molecule has 0 bridgehead atoms. The topological polar surface area (TPSA) is 136 Å². The highest BCUT2D eigenvalue weighted by Crippen LogP contribution is 2.43. The number of phenolic OH excluding ortho intramolecular Hbond substituents is 2. The van der Waals surface area contributed by atoms with Crippen LogP contribution in [0.4, 0.5) is 0 Å². The van der Waals surface area contributed by atoms with E-state index in [1.807, 2.05) is 0 Å². The van der Waals surface area contributed by atoms with Crippen LogP contribution in [0.1, 0.15) is 38.2 Å². The Morgan fingerprint density at radius 1 is 1.00 bits per heavy atom. The van der Waals surface area contributed by atoms with Crippen LogP contribution >= 0.6 is 0 Å². The number of methoxy groups -OCH3 is 2. The Bertz CT molecular complexity index is 1240. The van der Waals surface area contributed by atoms with Crippen LogP contribution in [0.25, 0.3) is 22.3 Å². The molecule has 0 spiro atoms. The molecule has 1 aromatic heterocycles. The van der Waals surface area contributed by atoms with Crippen molar-refractivity contribution >= 4 is 16.9 Å². The average molecular weight is 472 g/mol. The maximum absolute atomic E-state index is 13.8. The number of benzene rings is 2. The Kier molecular flexibility index (Phi) is 7.88. The summed E-state index contributed by atoms with van der Waals surface area (Å²) in [7, 11) is 2.78. The van der Waals surface area contributed by atoms with Gasteiger partial charge in [0.2, 0.25) is 5.75 Å². The van der Waals surface area contributed by atoms with E-state index in [-0.39, 0.29) is 45.5 Å². The van der Waals surface area contributed by atoms with Gasteiger partial charge in [0.1, 0.15) is 16.9 Å². The van der Waals surface area contributed by atoms with Gasteiger partial charge >= 0.3 is 5.97 Å². The third kappa shape index (κ3) is 5.03. The third-order valence-corrected chi connectivity index (χ3v) is 5.44. The smallest absolute Gasteiger partial charge is 0.341 e. The monoisotopic (exact) mass is 472 g/mol. The Hall–Kier alpha value is -3.88. The van der Waals surface area contributed by atoms with Gasteiger partial charge in [0, 0.05) is 17.2 Å². The maximum Gasteiger partial charge on any atom is 0.341 e. The van der Waals surface area contributed by atoms with Crippen LogP contribution in [0.3, 0.4) is 0 Å². The molecule has 9 nitrogen and oxygen atoms in total. The van der Waals surface area contributed by atoms with Crippen molar-refractivity contribution in [2.75, 3.05) is 20.8 Å². The fraction of sp³-hybridized carbons (Fsp3) is 0.360. The van der Waals surface area contributed by atoms with Crippen LogP contribution in [0.5, 0.6) is 28.7 Å². The van der Waals surface area contributed by atoms with Gasteiger partial charge in [-0.05, 0) is 31.0 Å². The summed E-state index contributed by atoms with van der Waals surface area (Å²) < 4.78 is 22.4. The maximum atomic E-state index is 13.8. The molecule has 2 aromatic carbocycles. The normalized spacial score (nSPS) is 10.9. The minimum atomic E-state index is -1.21. The first-order valence-corrected chi connectivity index (χ1v) is 10.9. The van der Waals surface area contributed by atoms with E-state index < -0.39 is 18.0 Å². The van der Waals surface area contributed by atoms with Crippen molar-refractivity contribution in [1.29, 1.82) is 0 Å². The molecule has 0 atom stereocenters. The van der Waals surface area contributed by atoms with E-state index in [9.17, 15) is 19.8 Å². The minimum absolute atomic E-state index is 0.00119. The Labute approximate surface area is 196 Å². The van der Waals surface area contributed by atoms with E-state index in [0.717, 1.165) is 25.7 Å². The fourth-order valence-corrected chi connectivity index (χ4v) is 3.78. The molecule has 0 saturated carbocycles. The number of rotatable bonds is 11. The molecular formula is C25H28O9. The van der Waals surface area contributed by atoms with Crippen LogP contribution < -0.4 is 19.6 Å². The highest BCUT2D eigenvalue weighted by molar-refractivity contribution is 5.93. The van der Waals surface area contributed by atoms with Crippen LogP contribution in [0.15, 0.2) is 33.5 Å². The molecule has 34 heavy (non-hydrogen) atoms. The highest BCUT2D eigenvalue weighted by atomic mass is 16.5. The molecule has 0 fully saturated rings. The van der Waals surface area contributed by atoms with E-state index in [1.165, 1.54) is 38.5 Å². The molecule has 182 valence electrons. The summed E-state index contributed by atoms with van der Waals surface area (Å²) in [6, 6.07) is 5.54. The zero-order valence-corrected chi connectivity index (χ0v) is 19.3. The van der Waals surface area contributed by atoms with Crippen molar-refractivity contribution in [3.63, 3.8) is 0 Å². The van der Waals surface area contributed by atoms with E-state index >= 15 is 0 Å². The van der Waals surface area contributed by atoms with Gasteiger partial charge in [-0.3, -0.25) is 4.79 Å². The first-order chi connectivity index (χ1) is 16.3. The van der Waals surface area contributed by atoms with Crippen molar-refractivity contribution in [3.05, 3.63) is 40.1 Å². The summed E-state index contributed by atoms with van der Waals surface area (Å²) in [6.45, 7) is 1.42. The largest absolute Gasteiger partial charge is 0.504 e. The molecule has 0 unspecified atom stereocenters. The lowest BCUT2D eigenvalue weighted by atomic mass is 9.98. The summed E-state index contributed by atoms with van der Waals surface area (Å²) in [5.74, 6) is -1.34. The van der Waals surface area contributed by atoms with Crippen molar-refractivity contribution in [3.8, 4) is 40.1 Å². The number of aliphatic carboxylic acids is 1. The standard InChI is InChI=1S/C25H28O9/c1-4-5-6-7-8-15-22(30)21-18(33-13-20(28)29)12-19(31-2)24(32-3)25(21)34-23(15)14-9-10-16(26)17(27)11-14/h9-12,26-27H,4-8,13H2,1-3H3,(H,28,29). The second kappa shape index (κ2) is 10.8. The number of aromatic hydroxyl groups is 2. The number of carbonyl (C=O) groups is 1. The Morgan fingerprint density at radius 3 is 2.38 bits per heavy atom. The van der Waals surface area contributed by atoms with E-state index in [4.69, 9.17) is 23.7 Å². The molecule has 0 radical (unpaired) electrons. The van der Waals surface area contributed by atoms with E-state index in [2.05, 4.69) is 6.92 Å². The van der Waals surface area contributed by atoms with Crippen molar-refractivity contribution in [1.82, 2.24) is 0 Å². The Morgan fingerprint density at radius 2 is 1.76 bits per heavy atom. The number of ether oxygens (including phenoxy) is 3. The van der Waals surface area contributed by atoms with Crippen LogP contribution in [-0.4, -0.2) is 42.1 Å². The third-order valence-electron chi connectivity index (χ3n) is 5.44. The van der Waals surface area contributed by atoms with Gasteiger partial charge in [-0.25, -0.2) is 4.79 Å². The molecule has 0 aliphatic carbocycles. The zero-order chi connectivity index (χ0) is 24.8. The molecule has 0 saturated heterocycles. The molecule has 3 N–H and O–H groups in total. The van der Waals surface area contributed by atoms with E-state index in [0.29, 0.717) is 17.5 Å². The van der Waals surface area contributed by atoms with Crippen LogP contribution in [0.2, 0.25) is 0 Å². The minimum Gasteiger partial charge on any atom is -0.504 e. The predicted molar refractivity (Wildman–Crippen MR) is 125 cm³/mol. The second-order valence-corrected chi connectivity index (χ2v) is 7.75. The Balaban J connectivity index is 2.34. The molecule has 0 amide bonds. The molecule has 3 rings (SSSR count). The number of carboxylic acid groups (broad SMARTS) is 1. The number of hydrogen-bond acceptors (Lipinski definition) is 8. The number of hydrogen-bond donors (Lipinski definition) is 3. The van der Waals surface area contributed by atoms with Gasteiger partial charge in [-0.1, -0.05) is 26.2 Å². The second-order valence-electron chi connectivity index (χ2n) is 7.75. The SMILES string of the molecule is CCCCCCc1c(-c2ccc(O)c(O)c2)oc2c(OC)c(OC)cc(OCC(=O)O)c2c1=O. The van der Waals surface area contributed by atoms with E-state index in [1.54, 1.807) is 0 Å². The molecular weight excluding hydrogens is 444 g/mol. The van der Waals surface area contributed by atoms with Crippen molar-refractivity contribution in [2.45, 2.75) is 39.0 Å². The van der Waals surface area contributed by atoms with Crippen LogP contribution in [-0.2, 0) is 11.2 Å². The number of phenols is 2. The molecule has 3 aromatic rings. The molecule has 0 aliphatic rings. The zero-order valence-electron chi connectivity index (χ0n) is 19.3. The number of fused-ring (bicyclic) bond motifs is 1. The molecule has 0 aliphatic heterocycles. The quantitative estimate of drug-likeness (QED) is 0.273. The predicted octanol–water partition coefficient (Wildman–Crippen LogP) is 4.47. The lowest BCUT2D eigenvalue weighted by Gasteiger charge is -2.17. The first kappa shape index (κ1) is 24.8. The van der Waals surface area contributed by atoms with Crippen LogP contribution in [0, 0.1) is 0 Å². The lowest BCUT2D eigenvalue weighted by Crippen LogP contribution is -2.15. The summed E-state index contributed by atoms with van der Waals surface area (Å²) in [5.41, 5.74) is 0.354. The van der Waals surface area contributed by atoms with Gasteiger partial charge in [-0.15, -0.1) is 0 Å². The summed E-state index contributed by atoms with van der Waals surface area (Å²) in [6.07, 6.45) is 4.05. The average Bonchev–Trinajstić information content (AvgIpc) is 2.82. The van der Waals surface area contributed by atoms with Gasteiger partial charge in [0.05, 0.1) is 14.2 Å². The summed E-state index contributed by atoms with van der Waals surface area (Å²) >= 11 is 0. The van der Waals surface area contributed by atoms with Gasteiger partial charge in [0.15, 0.2) is 34.9 Å². The fourth-order valence-electron chi connectivity index (χ4n) is 3.78. The van der Waals surface area contributed by atoms with Gasteiger partial charge in [-0.2, -0.15) is 0 Å². The number of unbranched alkanes of at least 4 members (excludes halogenated alkanes) is 3. The van der Waals surface area contributed by atoms with Crippen molar-refractivity contribution in [2.24, 2.45) is 0 Å². The first-order valence-electron chi connectivity index (χ1n) is 10.9. The summed E-state index contributed by atoms with van der Waals surface area (Å²) in [5, 5.41) is 28.9. The van der Waals surface area contributed by atoms with Gasteiger partial charge < -0.3 is 33.9 Å².